The highest BCUT2D eigenvalue weighted by atomic mass is 15.2. The minimum atomic E-state index is 0.618. The van der Waals surface area contributed by atoms with Crippen molar-refractivity contribution in [2.45, 2.75) is 18.5 Å². The van der Waals surface area contributed by atoms with Gasteiger partial charge in [-0.25, -0.2) is 4.98 Å². The number of likely N-dealkylation sites (N-methyl/N-ethyl adjacent to an activating group) is 1. The predicted octanol–water partition coefficient (Wildman–Crippen LogP) is 1.91. The van der Waals surface area contributed by atoms with Crippen LogP contribution in [-0.4, -0.2) is 34.6 Å². The first-order valence-electron chi connectivity index (χ1n) is 5.35. The first kappa shape index (κ1) is 8.92. The largest absolute Gasteiger partial charge is 0.328 e. The molecule has 1 aliphatic carbocycles. The van der Waals surface area contributed by atoms with Gasteiger partial charge in [0.2, 0.25) is 0 Å². The molecular weight excluding hydrogens is 186 g/mol. The molecule has 0 aliphatic heterocycles. The van der Waals surface area contributed by atoms with E-state index in [1.54, 1.807) is 0 Å². The summed E-state index contributed by atoms with van der Waals surface area (Å²) in [5.41, 5.74) is 1.12. The Balaban J connectivity index is 2.00. The van der Waals surface area contributed by atoms with Gasteiger partial charge in [0.15, 0.2) is 0 Å². The smallest absolute Gasteiger partial charge is 0.140 e. The van der Waals surface area contributed by atoms with E-state index in [0.29, 0.717) is 12.1 Å². The molecule has 0 saturated heterocycles. The van der Waals surface area contributed by atoms with Crippen LogP contribution in [0, 0.1) is 0 Å². The van der Waals surface area contributed by atoms with Gasteiger partial charge in [-0.3, -0.25) is 0 Å². The summed E-state index contributed by atoms with van der Waals surface area (Å²) in [4.78, 5) is 6.73. The van der Waals surface area contributed by atoms with Crippen molar-refractivity contribution in [3.63, 3.8) is 0 Å². The van der Waals surface area contributed by atoms with Crippen molar-refractivity contribution < 1.29 is 0 Å². The Labute approximate surface area is 89.3 Å². The molecule has 1 unspecified atom stereocenters. The Morgan fingerprint density at radius 2 is 2.27 bits per heavy atom. The fraction of sp³-hybridized carbons (Fsp3) is 0.417. The van der Waals surface area contributed by atoms with E-state index < -0.39 is 0 Å². The molecule has 0 spiro atoms. The van der Waals surface area contributed by atoms with Gasteiger partial charge in [-0.05, 0) is 38.7 Å². The fourth-order valence-electron chi connectivity index (χ4n) is 2.28. The van der Waals surface area contributed by atoms with E-state index >= 15 is 0 Å². The van der Waals surface area contributed by atoms with Crippen molar-refractivity contribution in [2.24, 2.45) is 0 Å². The lowest BCUT2D eigenvalue weighted by atomic mass is 10.3. The van der Waals surface area contributed by atoms with Crippen molar-refractivity contribution in [3.05, 3.63) is 30.6 Å². The lowest BCUT2D eigenvalue weighted by Crippen LogP contribution is -2.17. The molecule has 2 atom stereocenters. The third-order valence-corrected chi connectivity index (χ3v) is 3.22. The van der Waals surface area contributed by atoms with Crippen LogP contribution >= 0.6 is 0 Å². The van der Waals surface area contributed by atoms with Gasteiger partial charge in [-0.15, -0.1) is 0 Å². The van der Waals surface area contributed by atoms with Crippen LogP contribution in [-0.2, 0) is 0 Å². The first-order valence-corrected chi connectivity index (χ1v) is 5.35. The summed E-state index contributed by atoms with van der Waals surface area (Å²) in [6, 6.07) is 7.55. The minimum absolute atomic E-state index is 0.618. The van der Waals surface area contributed by atoms with E-state index in [2.05, 4.69) is 46.9 Å². The number of hydrogen-bond acceptors (Lipinski definition) is 2. The second-order valence-corrected chi connectivity index (χ2v) is 4.47. The number of nitrogens with zero attached hydrogens (tertiary/aromatic N) is 3. The minimum Gasteiger partial charge on any atom is -0.328 e. The van der Waals surface area contributed by atoms with Gasteiger partial charge < -0.3 is 9.47 Å². The third-order valence-electron chi connectivity index (χ3n) is 3.22. The molecule has 0 amide bonds. The van der Waals surface area contributed by atoms with Crippen LogP contribution in [0.15, 0.2) is 30.6 Å². The molecule has 0 bridgehead atoms. The van der Waals surface area contributed by atoms with E-state index in [-0.39, 0.29) is 0 Å². The van der Waals surface area contributed by atoms with Gasteiger partial charge in [0.1, 0.15) is 5.65 Å². The normalized spacial score (nSPS) is 25.0. The van der Waals surface area contributed by atoms with Gasteiger partial charge >= 0.3 is 0 Å². The molecule has 3 rings (SSSR count). The molecule has 1 fully saturated rings. The Morgan fingerprint density at radius 1 is 1.40 bits per heavy atom. The van der Waals surface area contributed by atoms with Gasteiger partial charge in [-0.2, -0.15) is 0 Å². The van der Waals surface area contributed by atoms with E-state index in [1.807, 2.05) is 12.3 Å². The number of fused-ring (bicyclic) bond motifs is 1. The average Bonchev–Trinajstić information content (AvgIpc) is 2.92. The topological polar surface area (TPSA) is 21.1 Å². The van der Waals surface area contributed by atoms with Crippen LogP contribution in [0.3, 0.4) is 0 Å². The zero-order valence-corrected chi connectivity index (χ0v) is 9.09. The van der Waals surface area contributed by atoms with Crippen LogP contribution in [0.4, 0.5) is 0 Å². The second kappa shape index (κ2) is 3.07. The van der Waals surface area contributed by atoms with E-state index in [1.165, 1.54) is 11.8 Å². The fourth-order valence-corrected chi connectivity index (χ4v) is 2.28. The summed E-state index contributed by atoms with van der Waals surface area (Å²) < 4.78 is 2.31. The summed E-state index contributed by atoms with van der Waals surface area (Å²) in [5.74, 6) is 0. The maximum atomic E-state index is 4.44. The molecule has 0 aromatic carbocycles. The molecule has 2 aromatic heterocycles. The number of hydrogen-bond donors (Lipinski definition) is 0. The van der Waals surface area contributed by atoms with E-state index in [9.17, 15) is 0 Å². The molecular formula is C12H15N3. The van der Waals surface area contributed by atoms with Crippen molar-refractivity contribution in [1.82, 2.24) is 14.5 Å². The molecule has 15 heavy (non-hydrogen) atoms. The summed E-state index contributed by atoms with van der Waals surface area (Å²) >= 11 is 0. The zero-order chi connectivity index (χ0) is 10.4. The zero-order valence-electron chi connectivity index (χ0n) is 9.09. The van der Waals surface area contributed by atoms with Gasteiger partial charge in [0, 0.05) is 23.8 Å². The van der Waals surface area contributed by atoms with Crippen LogP contribution in [0.5, 0.6) is 0 Å². The highest BCUT2D eigenvalue weighted by Gasteiger charge is 2.40. The Kier molecular flexibility index (Phi) is 1.83. The quantitative estimate of drug-likeness (QED) is 0.740. The lowest BCUT2D eigenvalue weighted by Gasteiger charge is -2.09. The van der Waals surface area contributed by atoms with Crippen LogP contribution in [0.25, 0.3) is 11.0 Å². The molecule has 1 aliphatic rings. The average molecular weight is 201 g/mol. The molecule has 3 nitrogen and oxygen atoms in total. The Bertz CT molecular complexity index is 486. The van der Waals surface area contributed by atoms with E-state index in [0.717, 1.165) is 5.65 Å². The summed E-state index contributed by atoms with van der Waals surface area (Å²) in [6.07, 6.45) is 5.27. The van der Waals surface area contributed by atoms with Gasteiger partial charge in [0.05, 0.1) is 6.04 Å². The Morgan fingerprint density at radius 3 is 3.00 bits per heavy atom. The number of aromatic nitrogens is 2. The van der Waals surface area contributed by atoms with Crippen molar-refractivity contribution in [1.29, 1.82) is 0 Å². The molecule has 3 heteroatoms. The Hall–Kier alpha value is -1.35. The summed E-state index contributed by atoms with van der Waals surface area (Å²) in [6.45, 7) is 0. The molecule has 78 valence electrons. The highest BCUT2D eigenvalue weighted by molar-refractivity contribution is 5.76. The maximum absolute atomic E-state index is 4.44. The summed E-state index contributed by atoms with van der Waals surface area (Å²) in [5, 5.41) is 1.24. The van der Waals surface area contributed by atoms with Crippen LogP contribution in [0.1, 0.15) is 12.5 Å². The van der Waals surface area contributed by atoms with Crippen LogP contribution in [0.2, 0.25) is 0 Å². The third kappa shape index (κ3) is 1.35. The summed E-state index contributed by atoms with van der Waals surface area (Å²) in [7, 11) is 4.29. The van der Waals surface area contributed by atoms with Crippen LogP contribution < -0.4 is 0 Å². The standard InChI is InChI=1S/C12H15N3/c1-14(2)10-8-11(10)15-7-5-9-4-3-6-13-12(9)15/h3-7,10-11H,8H2,1-2H3/t10?,11-/m0/s1. The molecule has 1 saturated carbocycles. The second-order valence-electron chi connectivity index (χ2n) is 4.47. The van der Waals surface area contributed by atoms with Crippen molar-refractivity contribution in [3.8, 4) is 0 Å². The van der Waals surface area contributed by atoms with Gasteiger partial charge in [0.25, 0.3) is 0 Å². The lowest BCUT2D eigenvalue weighted by molar-refractivity contribution is 0.377. The SMILES string of the molecule is CN(C)C1C[C@@H]1n1ccc2cccnc21. The molecule has 0 N–H and O–H groups in total. The number of pyridine rings is 1. The van der Waals surface area contributed by atoms with Crippen molar-refractivity contribution in [2.75, 3.05) is 14.1 Å². The first-order chi connectivity index (χ1) is 7.27. The number of rotatable bonds is 2. The highest BCUT2D eigenvalue weighted by Crippen LogP contribution is 2.40. The van der Waals surface area contributed by atoms with Crippen molar-refractivity contribution >= 4 is 11.0 Å². The maximum Gasteiger partial charge on any atom is 0.140 e. The monoisotopic (exact) mass is 201 g/mol. The van der Waals surface area contributed by atoms with E-state index in [4.69, 9.17) is 0 Å². The van der Waals surface area contributed by atoms with Gasteiger partial charge in [-0.1, -0.05) is 0 Å². The molecule has 2 heterocycles. The molecule has 2 aromatic rings. The predicted molar refractivity (Wildman–Crippen MR) is 60.9 cm³/mol. The molecule has 0 radical (unpaired) electrons.